The number of nitriles is 1. The maximum absolute atomic E-state index is 12.5. The van der Waals surface area contributed by atoms with Gasteiger partial charge in [-0.15, -0.1) is 0 Å². The maximum Gasteiger partial charge on any atom is 0.416 e. The molecule has 1 aromatic heterocycles. The molecule has 0 unspecified atom stereocenters. The Morgan fingerprint density at radius 3 is 2.50 bits per heavy atom. The van der Waals surface area contributed by atoms with Gasteiger partial charge in [-0.1, -0.05) is 0 Å². The number of aromatic nitrogens is 2. The molecular weight excluding hydrogens is 269 g/mol. The van der Waals surface area contributed by atoms with Gasteiger partial charge in [-0.3, -0.25) is 0 Å². The molecule has 0 radical (unpaired) electrons. The molecule has 102 valence electrons. The van der Waals surface area contributed by atoms with Crippen LogP contribution in [0.5, 0.6) is 0 Å². The standard InChI is InChI=1S/C13H9F3N4/c14-13(15,16)11-1-2-12(10(3-11)4-17)20-7-9-5-18-8-19-6-9/h1-3,5-6,8,20H,7H2. The summed E-state index contributed by atoms with van der Waals surface area (Å²) in [5.41, 5.74) is 0.194. The lowest BCUT2D eigenvalue weighted by Gasteiger charge is -2.11. The molecular formula is C13H9F3N4. The quantitative estimate of drug-likeness (QED) is 0.937. The zero-order valence-electron chi connectivity index (χ0n) is 10.1. The van der Waals surface area contributed by atoms with Gasteiger partial charge in [0.1, 0.15) is 12.4 Å². The highest BCUT2D eigenvalue weighted by Crippen LogP contribution is 2.31. The van der Waals surface area contributed by atoms with Crippen LogP contribution in [-0.4, -0.2) is 9.97 Å². The number of nitrogens with one attached hydrogen (secondary N) is 1. The van der Waals surface area contributed by atoms with Gasteiger partial charge in [0.05, 0.1) is 16.8 Å². The summed E-state index contributed by atoms with van der Waals surface area (Å²) in [6.45, 7) is 0.320. The second kappa shape index (κ2) is 5.57. The molecule has 0 aliphatic heterocycles. The maximum atomic E-state index is 12.5. The molecule has 0 atom stereocenters. The van der Waals surface area contributed by atoms with E-state index in [1.165, 1.54) is 12.4 Å². The molecule has 7 heteroatoms. The van der Waals surface area contributed by atoms with Gasteiger partial charge in [0.2, 0.25) is 0 Å². The van der Waals surface area contributed by atoms with Crippen molar-refractivity contribution in [2.75, 3.05) is 5.32 Å². The Morgan fingerprint density at radius 2 is 1.90 bits per heavy atom. The molecule has 2 rings (SSSR count). The third-order valence-corrected chi connectivity index (χ3v) is 2.56. The predicted molar refractivity (Wildman–Crippen MR) is 65.5 cm³/mol. The second-order valence-electron chi connectivity index (χ2n) is 3.97. The largest absolute Gasteiger partial charge is 0.416 e. The minimum atomic E-state index is -4.46. The number of benzene rings is 1. The van der Waals surface area contributed by atoms with Gasteiger partial charge in [0, 0.05) is 24.5 Å². The molecule has 4 nitrogen and oxygen atoms in total. The molecule has 0 aliphatic rings. The average molecular weight is 278 g/mol. The van der Waals surface area contributed by atoms with Crippen LogP contribution in [0.1, 0.15) is 16.7 Å². The van der Waals surface area contributed by atoms with Crippen molar-refractivity contribution in [1.29, 1.82) is 5.26 Å². The van der Waals surface area contributed by atoms with E-state index in [-0.39, 0.29) is 5.56 Å². The Labute approximate surface area is 112 Å². The highest BCUT2D eigenvalue weighted by atomic mass is 19.4. The van der Waals surface area contributed by atoms with E-state index in [2.05, 4.69) is 15.3 Å². The summed E-state index contributed by atoms with van der Waals surface area (Å²) in [6.07, 6.45) is 0.0754. The van der Waals surface area contributed by atoms with E-state index in [1.54, 1.807) is 18.5 Å². The van der Waals surface area contributed by atoms with Crippen molar-refractivity contribution < 1.29 is 13.2 Å². The summed E-state index contributed by atoms with van der Waals surface area (Å²) in [7, 11) is 0. The molecule has 2 aromatic rings. The molecule has 1 heterocycles. The van der Waals surface area contributed by atoms with Gasteiger partial charge < -0.3 is 5.32 Å². The summed E-state index contributed by atoms with van der Waals surface area (Å²) < 4.78 is 37.6. The van der Waals surface area contributed by atoms with Crippen LogP contribution in [0.15, 0.2) is 36.9 Å². The Bertz CT molecular complexity index is 632. The van der Waals surface area contributed by atoms with Crippen molar-refractivity contribution in [3.63, 3.8) is 0 Å². The minimum Gasteiger partial charge on any atom is -0.380 e. The lowest BCUT2D eigenvalue weighted by atomic mass is 10.1. The van der Waals surface area contributed by atoms with Gasteiger partial charge >= 0.3 is 6.18 Å². The summed E-state index contributed by atoms with van der Waals surface area (Å²) in [5, 5.41) is 11.8. The minimum absolute atomic E-state index is 0.0586. The molecule has 1 aromatic carbocycles. The van der Waals surface area contributed by atoms with Crippen LogP contribution in [0.4, 0.5) is 18.9 Å². The molecule has 0 amide bonds. The van der Waals surface area contributed by atoms with Gasteiger partial charge in [-0.05, 0) is 18.2 Å². The number of alkyl halides is 3. The van der Waals surface area contributed by atoms with Crippen LogP contribution in [0, 0.1) is 11.3 Å². The highest BCUT2D eigenvalue weighted by molar-refractivity contribution is 5.59. The topological polar surface area (TPSA) is 61.6 Å². The smallest absolute Gasteiger partial charge is 0.380 e. The van der Waals surface area contributed by atoms with Gasteiger partial charge in [0.15, 0.2) is 0 Å². The third kappa shape index (κ3) is 3.23. The zero-order valence-corrected chi connectivity index (χ0v) is 10.1. The molecule has 1 N–H and O–H groups in total. The van der Waals surface area contributed by atoms with Crippen molar-refractivity contribution in [3.8, 4) is 6.07 Å². The lowest BCUT2D eigenvalue weighted by Crippen LogP contribution is -2.07. The van der Waals surface area contributed by atoms with Gasteiger partial charge in [-0.2, -0.15) is 18.4 Å². The van der Waals surface area contributed by atoms with Crippen LogP contribution in [-0.2, 0) is 12.7 Å². The molecule has 0 saturated heterocycles. The van der Waals surface area contributed by atoms with E-state index >= 15 is 0 Å². The predicted octanol–water partition coefficient (Wildman–Crippen LogP) is 2.98. The fourth-order valence-corrected chi connectivity index (χ4v) is 1.59. The number of halogens is 3. The fourth-order valence-electron chi connectivity index (χ4n) is 1.59. The normalized spacial score (nSPS) is 10.9. The van der Waals surface area contributed by atoms with E-state index in [1.807, 2.05) is 0 Å². The van der Waals surface area contributed by atoms with E-state index in [0.717, 1.165) is 17.7 Å². The van der Waals surface area contributed by atoms with E-state index in [4.69, 9.17) is 5.26 Å². The monoisotopic (exact) mass is 278 g/mol. The third-order valence-electron chi connectivity index (χ3n) is 2.56. The van der Waals surface area contributed by atoms with E-state index in [9.17, 15) is 13.2 Å². The molecule has 0 spiro atoms. The Hall–Kier alpha value is -2.62. The Balaban J connectivity index is 2.19. The van der Waals surface area contributed by atoms with Crippen molar-refractivity contribution >= 4 is 5.69 Å². The van der Waals surface area contributed by atoms with Crippen LogP contribution < -0.4 is 5.32 Å². The molecule has 0 aliphatic carbocycles. The van der Waals surface area contributed by atoms with Crippen LogP contribution in [0.3, 0.4) is 0 Å². The van der Waals surface area contributed by atoms with E-state index < -0.39 is 11.7 Å². The first kappa shape index (κ1) is 13.8. The first-order valence-corrected chi connectivity index (χ1v) is 5.60. The Kier molecular flexibility index (Phi) is 3.84. The summed E-state index contributed by atoms with van der Waals surface area (Å²) >= 11 is 0. The number of anilines is 1. The van der Waals surface area contributed by atoms with Crippen molar-refractivity contribution in [3.05, 3.63) is 53.6 Å². The molecule has 0 fully saturated rings. The Morgan fingerprint density at radius 1 is 1.20 bits per heavy atom. The van der Waals surface area contributed by atoms with Crippen molar-refractivity contribution in [2.24, 2.45) is 0 Å². The second-order valence-corrected chi connectivity index (χ2v) is 3.97. The van der Waals surface area contributed by atoms with Crippen LogP contribution in [0.25, 0.3) is 0 Å². The molecule has 0 bridgehead atoms. The first-order valence-electron chi connectivity index (χ1n) is 5.60. The van der Waals surface area contributed by atoms with Gasteiger partial charge in [0.25, 0.3) is 0 Å². The van der Waals surface area contributed by atoms with Crippen LogP contribution in [0.2, 0.25) is 0 Å². The number of hydrogen-bond donors (Lipinski definition) is 1. The van der Waals surface area contributed by atoms with Crippen molar-refractivity contribution in [2.45, 2.75) is 12.7 Å². The SMILES string of the molecule is N#Cc1cc(C(F)(F)F)ccc1NCc1cncnc1. The number of nitrogens with zero attached hydrogens (tertiary/aromatic N) is 3. The molecule has 0 saturated carbocycles. The zero-order chi connectivity index (χ0) is 14.6. The number of rotatable bonds is 3. The average Bonchev–Trinajstić information content (AvgIpc) is 2.45. The van der Waals surface area contributed by atoms with Crippen molar-refractivity contribution in [1.82, 2.24) is 9.97 Å². The van der Waals surface area contributed by atoms with E-state index in [0.29, 0.717) is 12.2 Å². The van der Waals surface area contributed by atoms with Crippen LogP contribution >= 0.6 is 0 Å². The summed E-state index contributed by atoms with van der Waals surface area (Å²) in [6, 6.07) is 4.75. The fraction of sp³-hybridized carbons (Fsp3) is 0.154. The lowest BCUT2D eigenvalue weighted by molar-refractivity contribution is -0.137. The number of hydrogen-bond acceptors (Lipinski definition) is 4. The van der Waals surface area contributed by atoms with Gasteiger partial charge in [-0.25, -0.2) is 9.97 Å². The molecule has 20 heavy (non-hydrogen) atoms. The highest BCUT2D eigenvalue weighted by Gasteiger charge is 2.31. The summed E-state index contributed by atoms with van der Waals surface area (Å²) in [4.78, 5) is 7.64. The first-order chi connectivity index (χ1) is 9.50. The summed E-state index contributed by atoms with van der Waals surface area (Å²) in [5.74, 6) is 0.